The Morgan fingerprint density at radius 2 is 1.52 bits per heavy atom. The highest BCUT2D eigenvalue weighted by atomic mass is 16.4. The van der Waals surface area contributed by atoms with Crippen LogP contribution in [0.5, 0.6) is 5.75 Å². The minimum absolute atomic E-state index is 0.121. The van der Waals surface area contributed by atoms with Gasteiger partial charge in [-0.2, -0.15) is 0 Å². The lowest BCUT2D eigenvalue weighted by molar-refractivity contribution is 0.474. The number of aromatic hydroxyl groups is 1. The molecule has 0 saturated heterocycles. The van der Waals surface area contributed by atoms with Crippen LogP contribution in [0.15, 0.2) is 69.5 Å². The zero-order valence-electron chi connectivity index (χ0n) is 12.0. The molecule has 0 atom stereocenters. The number of hydrogen-bond donors (Lipinski definition) is 1. The molecular formula is C19H11NO3. The maximum absolute atomic E-state index is 10.4. The molecule has 4 heteroatoms. The number of oxazole rings is 1. The van der Waals surface area contributed by atoms with Crippen LogP contribution in [0.1, 0.15) is 0 Å². The lowest BCUT2D eigenvalue weighted by Gasteiger charge is -2.00. The minimum Gasteiger partial charge on any atom is -0.507 e. The predicted molar refractivity (Wildman–Crippen MR) is 88.4 cm³/mol. The van der Waals surface area contributed by atoms with Crippen molar-refractivity contribution in [1.29, 1.82) is 0 Å². The Morgan fingerprint density at radius 1 is 0.739 bits per heavy atom. The van der Waals surface area contributed by atoms with Gasteiger partial charge in [-0.3, -0.25) is 0 Å². The van der Waals surface area contributed by atoms with Gasteiger partial charge in [0.05, 0.1) is 5.56 Å². The first kappa shape index (κ1) is 12.3. The fourth-order valence-electron chi connectivity index (χ4n) is 2.92. The van der Waals surface area contributed by atoms with Crippen LogP contribution in [-0.4, -0.2) is 10.1 Å². The van der Waals surface area contributed by atoms with E-state index in [1.54, 1.807) is 12.1 Å². The second-order valence-electron chi connectivity index (χ2n) is 5.45. The van der Waals surface area contributed by atoms with E-state index in [0.717, 1.165) is 21.9 Å². The van der Waals surface area contributed by atoms with Gasteiger partial charge in [0, 0.05) is 10.8 Å². The van der Waals surface area contributed by atoms with Crippen molar-refractivity contribution in [2.75, 3.05) is 0 Å². The monoisotopic (exact) mass is 301 g/mol. The number of hydrogen-bond acceptors (Lipinski definition) is 4. The normalized spacial score (nSPS) is 11.7. The van der Waals surface area contributed by atoms with Crippen molar-refractivity contribution >= 4 is 33.0 Å². The fourth-order valence-corrected chi connectivity index (χ4v) is 2.92. The highest BCUT2D eigenvalue weighted by Crippen LogP contribution is 2.38. The van der Waals surface area contributed by atoms with E-state index in [0.29, 0.717) is 22.6 Å². The van der Waals surface area contributed by atoms with Crippen molar-refractivity contribution < 1.29 is 13.9 Å². The standard InChI is InChI=1S/C19H11NO3/c21-15-9-12-11-5-1-3-7-16(11)22-18(12)10-13(15)19-20-14-6-2-4-8-17(14)23-19/h1-10,21H. The molecule has 1 N–H and O–H groups in total. The molecule has 0 bridgehead atoms. The molecule has 0 aliphatic rings. The van der Waals surface area contributed by atoms with Gasteiger partial charge < -0.3 is 13.9 Å². The van der Waals surface area contributed by atoms with E-state index in [1.165, 1.54) is 0 Å². The summed E-state index contributed by atoms with van der Waals surface area (Å²) < 4.78 is 11.6. The quantitative estimate of drug-likeness (QED) is 0.468. The number of rotatable bonds is 1. The molecule has 0 aliphatic heterocycles. The zero-order valence-corrected chi connectivity index (χ0v) is 12.0. The molecule has 4 nitrogen and oxygen atoms in total. The third-order valence-electron chi connectivity index (χ3n) is 4.02. The summed E-state index contributed by atoms with van der Waals surface area (Å²) in [4.78, 5) is 4.44. The minimum atomic E-state index is 0.121. The first-order valence-corrected chi connectivity index (χ1v) is 7.30. The Kier molecular flexibility index (Phi) is 2.33. The van der Waals surface area contributed by atoms with Crippen molar-refractivity contribution in [3.05, 3.63) is 60.7 Å². The molecule has 0 unspecified atom stereocenters. The van der Waals surface area contributed by atoms with Crippen LogP contribution in [0.3, 0.4) is 0 Å². The van der Waals surface area contributed by atoms with E-state index < -0.39 is 0 Å². The second-order valence-corrected chi connectivity index (χ2v) is 5.45. The van der Waals surface area contributed by atoms with Crippen LogP contribution < -0.4 is 0 Å². The third-order valence-corrected chi connectivity index (χ3v) is 4.02. The molecule has 2 aromatic heterocycles. The number of aromatic nitrogens is 1. The molecular weight excluding hydrogens is 290 g/mol. The van der Waals surface area contributed by atoms with Gasteiger partial charge in [-0.25, -0.2) is 4.98 Å². The Labute approximate surface area is 130 Å². The lowest BCUT2D eigenvalue weighted by Crippen LogP contribution is -1.79. The largest absolute Gasteiger partial charge is 0.507 e. The fraction of sp³-hybridized carbons (Fsp3) is 0. The second kappa shape index (κ2) is 4.36. The van der Waals surface area contributed by atoms with Crippen molar-refractivity contribution in [3.8, 4) is 17.2 Å². The van der Waals surface area contributed by atoms with Crippen molar-refractivity contribution in [1.82, 2.24) is 4.98 Å². The van der Waals surface area contributed by atoms with Crippen molar-refractivity contribution in [2.24, 2.45) is 0 Å². The van der Waals surface area contributed by atoms with Crippen LogP contribution in [-0.2, 0) is 0 Å². The van der Waals surface area contributed by atoms with Crippen LogP contribution in [0, 0.1) is 0 Å². The van der Waals surface area contributed by atoms with Crippen molar-refractivity contribution in [3.63, 3.8) is 0 Å². The van der Waals surface area contributed by atoms with E-state index in [4.69, 9.17) is 8.83 Å². The molecule has 2 heterocycles. The number of nitrogens with zero attached hydrogens (tertiary/aromatic N) is 1. The number of para-hydroxylation sites is 3. The van der Waals surface area contributed by atoms with Gasteiger partial charge in [-0.15, -0.1) is 0 Å². The van der Waals surface area contributed by atoms with Gasteiger partial charge in [0.1, 0.15) is 22.4 Å². The number of benzene rings is 3. The van der Waals surface area contributed by atoms with Gasteiger partial charge >= 0.3 is 0 Å². The van der Waals surface area contributed by atoms with Crippen LogP contribution in [0.2, 0.25) is 0 Å². The highest BCUT2D eigenvalue weighted by Gasteiger charge is 2.16. The maximum atomic E-state index is 10.4. The molecule has 3 aromatic carbocycles. The van der Waals surface area contributed by atoms with E-state index in [-0.39, 0.29) is 5.75 Å². The SMILES string of the molecule is Oc1cc2c(cc1-c1nc3ccccc3o1)oc1ccccc12. The summed E-state index contributed by atoms with van der Waals surface area (Å²) in [5, 5.41) is 12.3. The van der Waals surface area contributed by atoms with Crippen LogP contribution in [0.25, 0.3) is 44.5 Å². The first-order valence-electron chi connectivity index (χ1n) is 7.30. The van der Waals surface area contributed by atoms with Gasteiger partial charge in [-0.05, 0) is 30.3 Å². The number of fused-ring (bicyclic) bond motifs is 4. The highest BCUT2D eigenvalue weighted by molar-refractivity contribution is 6.06. The van der Waals surface area contributed by atoms with Gasteiger partial charge in [0.2, 0.25) is 5.89 Å². The smallest absolute Gasteiger partial charge is 0.231 e. The molecule has 0 spiro atoms. The molecule has 110 valence electrons. The topological polar surface area (TPSA) is 59.4 Å². The summed E-state index contributed by atoms with van der Waals surface area (Å²) in [5.41, 5.74) is 3.45. The molecule has 5 aromatic rings. The van der Waals surface area contributed by atoms with E-state index in [2.05, 4.69) is 4.98 Å². The first-order chi connectivity index (χ1) is 11.3. The van der Waals surface area contributed by atoms with E-state index in [1.807, 2.05) is 48.5 Å². The molecule has 0 saturated carbocycles. The summed E-state index contributed by atoms with van der Waals surface area (Å²) in [6, 6.07) is 18.7. The lowest BCUT2D eigenvalue weighted by atomic mass is 10.1. The third kappa shape index (κ3) is 1.75. The number of furan rings is 1. The molecule has 0 aliphatic carbocycles. The maximum Gasteiger partial charge on any atom is 0.231 e. The molecule has 0 radical (unpaired) electrons. The Bertz CT molecular complexity index is 1150. The summed E-state index contributed by atoms with van der Waals surface area (Å²) >= 11 is 0. The van der Waals surface area contributed by atoms with Crippen molar-refractivity contribution in [2.45, 2.75) is 0 Å². The predicted octanol–water partition coefficient (Wildman–Crippen LogP) is 5.10. The summed E-state index contributed by atoms with van der Waals surface area (Å²) in [7, 11) is 0. The van der Waals surface area contributed by atoms with Gasteiger partial charge in [0.15, 0.2) is 5.58 Å². The van der Waals surface area contributed by atoms with Gasteiger partial charge in [0.25, 0.3) is 0 Å². The molecule has 5 rings (SSSR count). The summed E-state index contributed by atoms with van der Waals surface area (Å²) in [6.07, 6.45) is 0. The average molecular weight is 301 g/mol. The zero-order chi connectivity index (χ0) is 15.4. The molecule has 0 fully saturated rings. The van der Waals surface area contributed by atoms with Gasteiger partial charge in [-0.1, -0.05) is 30.3 Å². The molecule has 23 heavy (non-hydrogen) atoms. The number of phenols is 1. The Hall–Kier alpha value is -3.27. The Morgan fingerprint density at radius 3 is 2.39 bits per heavy atom. The number of phenolic OH excluding ortho intramolecular Hbond substituents is 1. The summed E-state index contributed by atoms with van der Waals surface area (Å²) in [6.45, 7) is 0. The van der Waals surface area contributed by atoms with E-state index >= 15 is 0 Å². The summed E-state index contributed by atoms with van der Waals surface area (Å²) in [5.74, 6) is 0.502. The molecule has 0 amide bonds. The Balaban J connectivity index is 1.80. The van der Waals surface area contributed by atoms with Crippen LogP contribution >= 0.6 is 0 Å². The van der Waals surface area contributed by atoms with Crippen LogP contribution in [0.4, 0.5) is 0 Å². The average Bonchev–Trinajstić information content (AvgIpc) is 3.15. The van der Waals surface area contributed by atoms with E-state index in [9.17, 15) is 5.11 Å².